The minimum atomic E-state index is -4.76. The first kappa shape index (κ1) is 20.4. The van der Waals surface area contributed by atoms with E-state index in [0.29, 0.717) is 23.4 Å². The molecule has 0 aliphatic carbocycles. The zero-order valence-corrected chi connectivity index (χ0v) is 16.1. The van der Waals surface area contributed by atoms with Crippen LogP contribution in [0.3, 0.4) is 0 Å². The normalized spacial score (nSPS) is 17.6. The first-order chi connectivity index (χ1) is 13.2. The third kappa shape index (κ3) is 4.92. The van der Waals surface area contributed by atoms with E-state index in [1.54, 1.807) is 21.6 Å². The quantitative estimate of drug-likeness (QED) is 0.758. The van der Waals surface area contributed by atoms with Gasteiger partial charge in [-0.25, -0.2) is 0 Å². The van der Waals surface area contributed by atoms with E-state index < -0.39 is 6.36 Å². The van der Waals surface area contributed by atoms with Crippen molar-refractivity contribution in [1.82, 2.24) is 19.7 Å². The highest BCUT2D eigenvalue weighted by Gasteiger charge is 2.32. The number of alkyl halides is 3. The average Bonchev–Trinajstić information content (AvgIpc) is 2.98. The molecule has 152 valence electrons. The minimum absolute atomic E-state index is 0.0801. The van der Waals surface area contributed by atoms with Crippen LogP contribution in [-0.2, 0) is 18.3 Å². The van der Waals surface area contributed by atoms with Crippen LogP contribution in [0.1, 0.15) is 36.6 Å². The number of amides is 1. The summed E-state index contributed by atoms with van der Waals surface area (Å²) in [5.74, 6) is 0.534. The highest BCUT2D eigenvalue weighted by atomic mass is 32.1. The maximum absolute atomic E-state index is 12.6. The Morgan fingerprint density at radius 1 is 1.39 bits per heavy atom. The summed E-state index contributed by atoms with van der Waals surface area (Å²) in [5, 5.41) is 7.01. The van der Waals surface area contributed by atoms with Gasteiger partial charge in [-0.2, -0.15) is 5.10 Å². The van der Waals surface area contributed by atoms with Gasteiger partial charge in [0.25, 0.3) is 0 Å². The van der Waals surface area contributed by atoms with Crippen LogP contribution in [0, 0.1) is 4.77 Å². The van der Waals surface area contributed by atoms with Crippen molar-refractivity contribution >= 4 is 18.1 Å². The van der Waals surface area contributed by atoms with Gasteiger partial charge in [0.1, 0.15) is 11.6 Å². The van der Waals surface area contributed by atoms with Gasteiger partial charge in [0, 0.05) is 32.5 Å². The first-order valence-electron chi connectivity index (χ1n) is 8.97. The van der Waals surface area contributed by atoms with Gasteiger partial charge < -0.3 is 14.2 Å². The summed E-state index contributed by atoms with van der Waals surface area (Å²) in [4.78, 5) is 14.4. The lowest BCUT2D eigenvalue weighted by molar-refractivity contribution is -0.274. The first-order valence-corrected chi connectivity index (χ1v) is 9.38. The highest BCUT2D eigenvalue weighted by molar-refractivity contribution is 7.71. The van der Waals surface area contributed by atoms with Gasteiger partial charge in [0.05, 0.1) is 0 Å². The molecule has 1 unspecified atom stereocenters. The van der Waals surface area contributed by atoms with E-state index in [9.17, 15) is 18.0 Å². The molecule has 1 aromatic carbocycles. The lowest BCUT2D eigenvalue weighted by Crippen LogP contribution is -2.39. The van der Waals surface area contributed by atoms with Crippen molar-refractivity contribution in [3.05, 3.63) is 40.4 Å². The molecule has 1 fully saturated rings. The molecule has 0 saturated carbocycles. The van der Waals surface area contributed by atoms with Crippen molar-refractivity contribution in [1.29, 1.82) is 0 Å². The summed E-state index contributed by atoms with van der Waals surface area (Å²) in [6.45, 7) is 1.15. The number of aryl methyl sites for hydroxylation is 1. The van der Waals surface area contributed by atoms with Crippen molar-refractivity contribution in [2.45, 2.75) is 38.0 Å². The lowest BCUT2D eigenvalue weighted by Gasteiger charge is -2.32. The van der Waals surface area contributed by atoms with Crippen molar-refractivity contribution in [2.75, 3.05) is 13.1 Å². The standard InChI is InChI=1S/C18H21F3N4O2S/c1-24-16(22-23-17(24)28)13-6-4-10-25(11-13)15(26)9-8-12-5-2-3-7-14(12)27-18(19,20)21/h2-3,5,7,13H,4,6,8-11H2,1H3,(H,23,28). The van der Waals surface area contributed by atoms with E-state index in [2.05, 4.69) is 14.9 Å². The van der Waals surface area contributed by atoms with E-state index in [4.69, 9.17) is 12.2 Å². The Balaban J connectivity index is 1.62. The molecule has 1 aromatic heterocycles. The van der Waals surface area contributed by atoms with Gasteiger partial charge >= 0.3 is 6.36 Å². The van der Waals surface area contributed by atoms with Gasteiger partial charge in [-0.05, 0) is 43.1 Å². The number of aromatic nitrogens is 3. The summed E-state index contributed by atoms with van der Waals surface area (Å²) in [7, 11) is 1.83. The second-order valence-electron chi connectivity index (χ2n) is 6.78. The van der Waals surface area contributed by atoms with E-state index in [0.717, 1.165) is 18.7 Å². The topological polar surface area (TPSA) is 63.1 Å². The van der Waals surface area contributed by atoms with E-state index in [-0.39, 0.29) is 30.4 Å². The zero-order chi connectivity index (χ0) is 20.3. The Morgan fingerprint density at radius 2 is 2.14 bits per heavy atom. The molecule has 1 aliphatic heterocycles. The number of H-pyrrole nitrogens is 1. The summed E-state index contributed by atoms with van der Waals surface area (Å²) in [6, 6.07) is 5.90. The fourth-order valence-electron chi connectivity index (χ4n) is 3.47. The van der Waals surface area contributed by atoms with Crippen LogP contribution in [0.4, 0.5) is 13.2 Å². The van der Waals surface area contributed by atoms with Crippen LogP contribution in [0.15, 0.2) is 24.3 Å². The van der Waals surface area contributed by atoms with Gasteiger partial charge in [-0.3, -0.25) is 9.89 Å². The van der Waals surface area contributed by atoms with E-state index in [1.165, 1.54) is 12.1 Å². The highest BCUT2D eigenvalue weighted by Crippen LogP contribution is 2.28. The SMILES string of the molecule is Cn1c(C2CCCN(C(=O)CCc3ccccc3OC(F)(F)F)C2)n[nH]c1=S. The zero-order valence-electron chi connectivity index (χ0n) is 15.3. The molecule has 28 heavy (non-hydrogen) atoms. The van der Waals surface area contributed by atoms with Crippen LogP contribution in [-0.4, -0.2) is 45.0 Å². The summed E-state index contributed by atoms with van der Waals surface area (Å²) >= 11 is 5.14. The molecule has 0 radical (unpaired) electrons. The number of hydrogen-bond acceptors (Lipinski definition) is 4. The predicted octanol–water partition coefficient (Wildman–Crippen LogP) is 3.72. The Kier molecular flexibility index (Phi) is 6.07. The van der Waals surface area contributed by atoms with Crippen molar-refractivity contribution in [3.8, 4) is 5.75 Å². The molecule has 0 bridgehead atoms. The molecule has 3 rings (SSSR count). The maximum Gasteiger partial charge on any atom is 0.573 e. The second-order valence-corrected chi connectivity index (χ2v) is 7.17. The number of para-hydroxylation sites is 1. The number of piperidine rings is 1. The van der Waals surface area contributed by atoms with Crippen molar-refractivity contribution < 1.29 is 22.7 Å². The largest absolute Gasteiger partial charge is 0.573 e. The van der Waals surface area contributed by atoms with Crippen LogP contribution in [0.25, 0.3) is 0 Å². The number of halogens is 3. The number of benzene rings is 1. The molecule has 1 aliphatic rings. The number of carbonyl (C=O) groups is 1. The number of hydrogen-bond donors (Lipinski definition) is 1. The van der Waals surface area contributed by atoms with Crippen LogP contribution in [0.5, 0.6) is 5.75 Å². The van der Waals surface area contributed by atoms with Crippen LogP contribution in [0.2, 0.25) is 0 Å². The average molecular weight is 414 g/mol. The lowest BCUT2D eigenvalue weighted by atomic mass is 9.96. The predicted molar refractivity (Wildman–Crippen MR) is 98.4 cm³/mol. The monoisotopic (exact) mass is 414 g/mol. The maximum atomic E-state index is 12.6. The Bertz CT molecular complexity index is 893. The number of nitrogens with one attached hydrogen (secondary N) is 1. The van der Waals surface area contributed by atoms with Gasteiger partial charge in [-0.15, -0.1) is 13.2 Å². The summed E-state index contributed by atoms with van der Waals surface area (Å²) < 4.78 is 44.0. The molecule has 6 nitrogen and oxygen atoms in total. The number of nitrogens with zero attached hydrogens (tertiary/aromatic N) is 3. The van der Waals surface area contributed by atoms with Crippen molar-refractivity contribution in [2.24, 2.45) is 7.05 Å². The number of carbonyl (C=O) groups excluding carboxylic acids is 1. The smallest absolute Gasteiger partial charge is 0.406 e. The molecule has 2 heterocycles. The van der Waals surface area contributed by atoms with Gasteiger partial charge in [0.2, 0.25) is 5.91 Å². The van der Waals surface area contributed by atoms with Gasteiger partial charge in [0.15, 0.2) is 4.77 Å². The molecule has 2 aromatic rings. The molecule has 1 atom stereocenters. The molecule has 1 amide bonds. The van der Waals surface area contributed by atoms with Crippen molar-refractivity contribution in [3.63, 3.8) is 0 Å². The third-order valence-electron chi connectivity index (χ3n) is 4.86. The fourth-order valence-corrected chi connectivity index (χ4v) is 3.61. The number of rotatable bonds is 5. The minimum Gasteiger partial charge on any atom is -0.406 e. The van der Waals surface area contributed by atoms with Gasteiger partial charge in [-0.1, -0.05) is 18.2 Å². The number of ether oxygens (including phenoxy) is 1. The fraction of sp³-hybridized carbons (Fsp3) is 0.500. The van der Waals surface area contributed by atoms with E-state index >= 15 is 0 Å². The second kappa shape index (κ2) is 8.34. The number of aromatic amines is 1. The summed E-state index contributed by atoms with van der Waals surface area (Å²) in [6.07, 6.45) is -2.73. The Labute approximate surface area is 165 Å². The van der Waals surface area contributed by atoms with Crippen LogP contribution >= 0.6 is 12.2 Å². The molecule has 1 saturated heterocycles. The van der Waals surface area contributed by atoms with Crippen LogP contribution < -0.4 is 4.74 Å². The molecule has 1 N–H and O–H groups in total. The molecule has 0 spiro atoms. The third-order valence-corrected chi connectivity index (χ3v) is 5.23. The number of likely N-dealkylation sites (tertiary alicyclic amines) is 1. The molecular weight excluding hydrogens is 393 g/mol. The Hall–Kier alpha value is -2.36. The molecule has 10 heteroatoms. The Morgan fingerprint density at radius 3 is 2.82 bits per heavy atom. The van der Waals surface area contributed by atoms with E-state index in [1.807, 2.05) is 7.05 Å². The summed E-state index contributed by atoms with van der Waals surface area (Å²) in [5.41, 5.74) is 0.358. The molecular formula is C18H21F3N4O2S.